The summed E-state index contributed by atoms with van der Waals surface area (Å²) in [5.74, 6) is -0.188. The van der Waals surface area contributed by atoms with E-state index in [0.717, 1.165) is 0 Å². The second-order valence-corrected chi connectivity index (χ2v) is 3.92. The first-order chi connectivity index (χ1) is 5.38. The summed E-state index contributed by atoms with van der Waals surface area (Å²) in [5.41, 5.74) is -0.429. The molecule has 0 bridgehead atoms. The molecule has 0 fully saturated rings. The molecule has 0 aliphatic rings. The standard InChI is InChI=1S/C9H18O3/c1-7(6-11-5)12-8(10)9(2,3)4/h7H,6H2,1-5H3/t7-/m1/s1. The molecule has 0 spiro atoms. The second kappa shape index (κ2) is 4.45. The molecule has 3 heteroatoms. The Morgan fingerprint density at radius 3 is 2.25 bits per heavy atom. The maximum atomic E-state index is 11.3. The Bertz CT molecular complexity index is 146. The maximum absolute atomic E-state index is 11.3. The summed E-state index contributed by atoms with van der Waals surface area (Å²) >= 11 is 0. The number of hydrogen-bond acceptors (Lipinski definition) is 3. The van der Waals surface area contributed by atoms with Crippen LogP contribution in [0, 0.1) is 5.41 Å². The first-order valence-corrected chi connectivity index (χ1v) is 4.08. The van der Waals surface area contributed by atoms with Gasteiger partial charge >= 0.3 is 5.97 Å². The van der Waals surface area contributed by atoms with Crippen LogP contribution >= 0.6 is 0 Å². The molecule has 0 aromatic carbocycles. The highest BCUT2D eigenvalue weighted by atomic mass is 16.6. The van der Waals surface area contributed by atoms with Gasteiger partial charge in [-0.1, -0.05) is 0 Å². The Balaban J connectivity index is 3.85. The van der Waals surface area contributed by atoms with Gasteiger partial charge < -0.3 is 9.47 Å². The highest BCUT2D eigenvalue weighted by Gasteiger charge is 2.24. The van der Waals surface area contributed by atoms with Gasteiger partial charge in [0.1, 0.15) is 6.10 Å². The lowest BCUT2D eigenvalue weighted by molar-refractivity contribution is -0.160. The smallest absolute Gasteiger partial charge is 0.311 e. The van der Waals surface area contributed by atoms with E-state index in [1.165, 1.54) is 0 Å². The Labute approximate surface area is 74.0 Å². The quantitative estimate of drug-likeness (QED) is 0.610. The Hall–Kier alpha value is -0.570. The van der Waals surface area contributed by atoms with Crippen molar-refractivity contribution in [3.63, 3.8) is 0 Å². The van der Waals surface area contributed by atoms with E-state index in [0.29, 0.717) is 6.61 Å². The van der Waals surface area contributed by atoms with Crippen LogP contribution in [0.5, 0.6) is 0 Å². The van der Waals surface area contributed by atoms with Crippen LogP contribution in [0.25, 0.3) is 0 Å². The van der Waals surface area contributed by atoms with Gasteiger partial charge in [0, 0.05) is 7.11 Å². The molecule has 12 heavy (non-hydrogen) atoms. The number of rotatable bonds is 3. The highest BCUT2D eigenvalue weighted by Crippen LogP contribution is 2.16. The number of hydrogen-bond donors (Lipinski definition) is 0. The molecule has 0 rings (SSSR count). The van der Waals surface area contributed by atoms with Crippen LogP contribution in [0.15, 0.2) is 0 Å². The third-order valence-corrected chi connectivity index (χ3v) is 1.32. The Morgan fingerprint density at radius 2 is 1.92 bits per heavy atom. The fourth-order valence-electron chi connectivity index (χ4n) is 0.628. The summed E-state index contributed by atoms with van der Waals surface area (Å²) in [6, 6.07) is 0. The van der Waals surface area contributed by atoms with E-state index in [4.69, 9.17) is 9.47 Å². The second-order valence-electron chi connectivity index (χ2n) is 3.92. The average molecular weight is 174 g/mol. The van der Waals surface area contributed by atoms with E-state index in [2.05, 4.69) is 0 Å². The molecule has 0 N–H and O–H groups in total. The van der Waals surface area contributed by atoms with Gasteiger partial charge in [-0.25, -0.2) is 0 Å². The first-order valence-electron chi connectivity index (χ1n) is 4.08. The van der Waals surface area contributed by atoms with Crippen LogP contribution in [0.4, 0.5) is 0 Å². The molecular formula is C9H18O3. The zero-order chi connectivity index (χ0) is 9.78. The molecule has 0 heterocycles. The molecule has 0 aromatic rings. The van der Waals surface area contributed by atoms with Crippen molar-refractivity contribution in [1.82, 2.24) is 0 Å². The summed E-state index contributed by atoms with van der Waals surface area (Å²) in [6.45, 7) is 7.74. The third-order valence-electron chi connectivity index (χ3n) is 1.32. The molecule has 0 aliphatic heterocycles. The lowest BCUT2D eigenvalue weighted by Crippen LogP contribution is -2.28. The number of methoxy groups -OCH3 is 1. The van der Waals surface area contributed by atoms with E-state index in [-0.39, 0.29) is 12.1 Å². The zero-order valence-corrected chi connectivity index (χ0v) is 8.51. The van der Waals surface area contributed by atoms with E-state index < -0.39 is 5.41 Å². The van der Waals surface area contributed by atoms with Crippen LogP contribution in [0.3, 0.4) is 0 Å². The largest absolute Gasteiger partial charge is 0.460 e. The molecule has 0 aromatic heterocycles. The van der Waals surface area contributed by atoms with Crippen molar-refractivity contribution in [2.24, 2.45) is 5.41 Å². The Kier molecular flexibility index (Phi) is 4.24. The van der Waals surface area contributed by atoms with Crippen molar-refractivity contribution in [2.75, 3.05) is 13.7 Å². The topological polar surface area (TPSA) is 35.5 Å². The molecule has 0 saturated carbocycles. The van der Waals surface area contributed by atoms with Gasteiger partial charge in [0.05, 0.1) is 12.0 Å². The van der Waals surface area contributed by atoms with Crippen LogP contribution in [-0.4, -0.2) is 25.8 Å². The number of carbonyl (C=O) groups excluding carboxylic acids is 1. The van der Waals surface area contributed by atoms with Crippen LogP contribution in [0.2, 0.25) is 0 Å². The van der Waals surface area contributed by atoms with Gasteiger partial charge in [-0.15, -0.1) is 0 Å². The zero-order valence-electron chi connectivity index (χ0n) is 8.51. The predicted molar refractivity (Wildman–Crippen MR) is 46.9 cm³/mol. The fraction of sp³-hybridized carbons (Fsp3) is 0.889. The monoisotopic (exact) mass is 174 g/mol. The van der Waals surface area contributed by atoms with E-state index in [1.54, 1.807) is 7.11 Å². The minimum Gasteiger partial charge on any atom is -0.460 e. The van der Waals surface area contributed by atoms with Gasteiger partial charge in [-0.2, -0.15) is 0 Å². The molecule has 72 valence electrons. The van der Waals surface area contributed by atoms with Crippen molar-refractivity contribution < 1.29 is 14.3 Å². The number of ether oxygens (including phenoxy) is 2. The summed E-state index contributed by atoms with van der Waals surface area (Å²) in [6.07, 6.45) is -0.165. The van der Waals surface area contributed by atoms with Crippen LogP contribution in [0.1, 0.15) is 27.7 Å². The van der Waals surface area contributed by atoms with Crippen molar-refractivity contribution in [3.8, 4) is 0 Å². The predicted octanol–water partition coefficient (Wildman–Crippen LogP) is 1.61. The van der Waals surface area contributed by atoms with Crippen molar-refractivity contribution in [2.45, 2.75) is 33.8 Å². The average Bonchev–Trinajstić information content (AvgIpc) is 1.85. The summed E-state index contributed by atoms with van der Waals surface area (Å²) in [5, 5.41) is 0. The van der Waals surface area contributed by atoms with E-state index >= 15 is 0 Å². The molecule has 0 amide bonds. The van der Waals surface area contributed by atoms with Gasteiger partial charge in [0.2, 0.25) is 0 Å². The minimum atomic E-state index is -0.429. The normalized spacial score (nSPS) is 14.1. The highest BCUT2D eigenvalue weighted by molar-refractivity contribution is 5.75. The summed E-state index contributed by atoms with van der Waals surface area (Å²) < 4.78 is 9.93. The SMILES string of the molecule is COC[C@@H](C)OC(=O)C(C)(C)C. The molecule has 0 radical (unpaired) electrons. The number of carbonyl (C=O) groups is 1. The van der Waals surface area contributed by atoms with Crippen molar-refractivity contribution >= 4 is 5.97 Å². The lowest BCUT2D eigenvalue weighted by Gasteiger charge is -2.20. The Morgan fingerprint density at radius 1 is 1.42 bits per heavy atom. The fourth-order valence-corrected chi connectivity index (χ4v) is 0.628. The molecular weight excluding hydrogens is 156 g/mol. The van der Waals surface area contributed by atoms with Crippen molar-refractivity contribution in [3.05, 3.63) is 0 Å². The molecule has 3 nitrogen and oxygen atoms in total. The van der Waals surface area contributed by atoms with Gasteiger partial charge in [0.15, 0.2) is 0 Å². The molecule has 0 aliphatic carbocycles. The molecule has 0 unspecified atom stereocenters. The minimum absolute atomic E-state index is 0.165. The van der Waals surface area contributed by atoms with Crippen molar-refractivity contribution in [1.29, 1.82) is 0 Å². The van der Waals surface area contributed by atoms with E-state index in [9.17, 15) is 4.79 Å². The summed E-state index contributed by atoms with van der Waals surface area (Å²) in [7, 11) is 1.58. The van der Waals surface area contributed by atoms with E-state index in [1.807, 2.05) is 27.7 Å². The third kappa shape index (κ3) is 4.34. The van der Waals surface area contributed by atoms with Gasteiger partial charge in [-0.3, -0.25) is 4.79 Å². The number of esters is 1. The van der Waals surface area contributed by atoms with Gasteiger partial charge in [0.25, 0.3) is 0 Å². The van der Waals surface area contributed by atoms with Gasteiger partial charge in [-0.05, 0) is 27.7 Å². The van der Waals surface area contributed by atoms with Crippen LogP contribution in [-0.2, 0) is 14.3 Å². The summed E-state index contributed by atoms with van der Waals surface area (Å²) in [4.78, 5) is 11.3. The molecule has 0 saturated heterocycles. The maximum Gasteiger partial charge on any atom is 0.311 e. The molecule has 1 atom stereocenters. The first kappa shape index (κ1) is 11.4. The lowest BCUT2D eigenvalue weighted by atomic mass is 9.97. The van der Waals surface area contributed by atoms with Crippen LogP contribution < -0.4 is 0 Å².